The van der Waals surface area contributed by atoms with E-state index in [0.29, 0.717) is 17.6 Å². The Morgan fingerprint density at radius 2 is 0.658 bits per heavy atom. The van der Waals surface area contributed by atoms with Crippen molar-refractivity contribution in [2.75, 3.05) is 0 Å². The summed E-state index contributed by atoms with van der Waals surface area (Å²) in [5.41, 5.74) is 5.25. The first kappa shape index (κ1) is 45.1. The summed E-state index contributed by atoms with van der Waals surface area (Å²) in [7, 11) is -6.44. The summed E-state index contributed by atoms with van der Waals surface area (Å²) >= 11 is 0. The number of aromatic nitrogens is 4. The maximum atomic E-state index is 6.78. The molecule has 5 nitrogen and oxygen atoms in total. The molecule has 0 radical (unpaired) electrons. The molecule has 0 saturated carbocycles. The minimum Gasteiger partial charge on any atom is -0.455 e. The predicted molar refractivity (Wildman–Crippen MR) is 320 cm³/mol. The Bertz CT molecular complexity index is 4010. The molecule has 3 heterocycles. The minimum atomic E-state index is -3.22. The number of benzene rings is 11. The molecular formula is C69H48N4OSi2. The second kappa shape index (κ2) is 18.7. The van der Waals surface area contributed by atoms with Crippen LogP contribution in [0.4, 0.5) is 0 Å². The Morgan fingerprint density at radius 3 is 1.11 bits per heavy atom. The van der Waals surface area contributed by atoms with Crippen molar-refractivity contribution in [1.82, 2.24) is 19.5 Å². The fourth-order valence-corrected chi connectivity index (χ4v) is 21.9. The van der Waals surface area contributed by atoms with Gasteiger partial charge in [-0.15, -0.1) is 0 Å². The lowest BCUT2D eigenvalue weighted by molar-refractivity contribution is 0.669. The molecule has 11 aromatic carbocycles. The van der Waals surface area contributed by atoms with E-state index in [1.165, 1.54) is 41.5 Å². The third-order valence-corrected chi connectivity index (χ3v) is 24.9. The number of rotatable bonds is 11. The molecule has 14 aromatic rings. The van der Waals surface area contributed by atoms with Gasteiger partial charge in [0.25, 0.3) is 0 Å². The molecule has 0 aliphatic heterocycles. The molecule has 0 amide bonds. The van der Waals surface area contributed by atoms with E-state index in [1.807, 2.05) is 12.1 Å². The predicted octanol–water partition coefficient (Wildman–Crippen LogP) is 11.0. The molecule has 0 bridgehead atoms. The molecule has 0 fully saturated rings. The molecule has 0 atom stereocenters. The highest BCUT2D eigenvalue weighted by Gasteiger charge is 2.46. The van der Waals surface area contributed by atoms with Crippen LogP contribution in [0.1, 0.15) is 0 Å². The average molecular weight is 1010 g/mol. The monoisotopic (exact) mass is 1000 g/mol. The van der Waals surface area contributed by atoms with Crippen molar-refractivity contribution in [2.45, 2.75) is 0 Å². The molecule has 14 rings (SSSR count). The van der Waals surface area contributed by atoms with Gasteiger partial charge >= 0.3 is 0 Å². The first-order valence-electron chi connectivity index (χ1n) is 25.8. The Hall–Kier alpha value is -9.54. The summed E-state index contributed by atoms with van der Waals surface area (Å²) in [6.07, 6.45) is 0. The maximum Gasteiger partial charge on any atom is 0.238 e. The van der Waals surface area contributed by atoms with Crippen LogP contribution in [0.25, 0.3) is 72.5 Å². The SMILES string of the molecule is c1ccc([Si](c2ccccc2)(c2ccccc2)c2cc(-c3nc(-c4cccc5c4oc4ccccc45)nc(-n4c5ccccc5c5ccccc54)n3)cc([Si](c3ccccc3)(c3ccccc3)c3ccccc3)c2)cc1. The number of hydrogen-bond donors (Lipinski definition) is 0. The number of furan rings is 1. The summed E-state index contributed by atoms with van der Waals surface area (Å²) in [6, 6.07) is 106. The number of nitrogens with zero attached hydrogens (tertiary/aromatic N) is 4. The Morgan fingerprint density at radius 1 is 0.289 bits per heavy atom. The van der Waals surface area contributed by atoms with Gasteiger partial charge in [0, 0.05) is 27.1 Å². The highest BCUT2D eigenvalue weighted by atomic mass is 28.3. The fraction of sp³-hybridized carbons (Fsp3) is 0. The van der Waals surface area contributed by atoms with E-state index < -0.39 is 16.1 Å². The van der Waals surface area contributed by atoms with Crippen molar-refractivity contribution in [2.24, 2.45) is 0 Å². The van der Waals surface area contributed by atoms with Gasteiger partial charge in [-0.25, -0.2) is 4.98 Å². The molecule has 0 spiro atoms. The van der Waals surface area contributed by atoms with E-state index in [9.17, 15) is 0 Å². The van der Waals surface area contributed by atoms with Crippen molar-refractivity contribution in [3.05, 3.63) is 291 Å². The first-order valence-corrected chi connectivity index (χ1v) is 29.8. The zero-order chi connectivity index (χ0) is 50.5. The van der Waals surface area contributed by atoms with Crippen LogP contribution in [0.5, 0.6) is 0 Å². The Kier molecular flexibility index (Phi) is 11.1. The van der Waals surface area contributed by atoms with Gasteiger partial charge in [0.05, 0.1) is 16.6 Å². The lowest BCUT2D eigenvalue weighted by Crippen LogP contribution is -2.78. The highest BCUT2D eigenvalue weighted by molar-refractivity contribution is 7.22. The smallest absolute Gasteiger partial charge is 0.238 e. The second-order valence-electron chi connectivity index (χ2n) is 19.4. The van der Waals surface area contributed by atoms with Crippen LogP contribution >= 0.6 is 0 Å². The van der Waals surface area contributed by atoms with E-state index in [4.69, 9.17) is 19.4 Å². The third kappa shape index (κ3) is 7.23. The van der Waals surface area contributed by atoms with Gasteiger partial charge in [0.2, 0.25) is 5.95 Å². The van der Waals surface area contributed by atoms with Crippen LogP contribution in [0, 0.1) is 0 Å². The topological polar surface area (TPSA) is 56.7 Å². The Labute approximate surface area is 442 Å². The van der Waals surface area contributed by atoms with Crippen LogP contribution in [0.2, 0.25) is 0 Å². The van der Waals surface area contributed by atoms with E-state index in [2.05, 4.69) is 284 Å². The summed E-state index contributed by atoms with van der Waals surface area (Å²) in [6.45, 7) is 0. The molecule has 76 heavy (non-hydrogen) atoms. The van der Waals surface area contributed by atoms with Crippen LogP contribution in [0.3, 0.4) is 0 Å². The van der Waals surface area contributed by atoms with Crippen molar-refractivity contribution in [1.29, 1.82) is 0 Å². The van der Waals surface area contributed by atoms with Crippen molar-refractivity contribution < 1.29 is 4.42 Å². The van der Waals surface area contributed by atoms with Crippen LogP contribution in [-0.2, 0) is 0 Å². The maximum absolute atomic E-state index is 6.78. The summed E-state index contributed by atoms with van der Waals surface area (Å²) in [4.78, 5) is 16.9. The van der Waals surface area contributed by atoms with Gasteiger partial charge in [-0.2, -0.15) is 9.97 Å². The highest BCUT2D eigenvalue weighted by Crippen LogP contribution is 2.37. The lowest BCUT2D eigenvalue weighted by Gasteiger charge is -2.38. The largest absolute Gasteiger partial charge is 0.455 e. The number of para-hydroxylation sites is 4. The summed E-state index contributed by atoms with van der Waals surface area (Å²) < 4.78 is 8.99. The summed E-state index contributed by atoms with van der Waals surface area (Å²) in [5, 5.41) is 14.4. The van der Waals surface area contributed by atoms with Crippen LogP contribution in [0.15, 0.2) is 296 Å². The normalized spacial score (nSPS) is 11.9. The molecule has 0 unspecified atom stereocenters. The van der Waals surface area contributed by atoms with Crippen LogP contribution in [-0.4, -0.2) is 35.7 Å². The van der Waals surface area contributed by atoms with Crippen LogP contribution < -0.4 is 41.5 Å². The standard InChI is InChI=1S/C69H48N4OSi2/c1-7-26-50(27-8-1)75(51-28-9-2-10-29-51,52-30-11-3-12-31-52)56-46-49(47-57(48-56)76(53-32-13-4-14-33-53,54-34-15-5-16-35-54)55-36-17-6-18-37-55)67-70-68(62-42-25-41-61-60-40-21-24-45-65(60)74-66(61)62)72-69(71-67)73-63-43-22-19-38-58(63)59-39-20-23-44-64(59)73/h1-48H. The summed E-state index contributed by atoms with van der Waals surface area (Å²) in [5.74, 6) is 1.61. The average Bonchev–Trinajstić information content (AvgIpc) is 4.17. The van der Waals surface area contributed by atoms with Gasteiger partial charge in [-0.05, 0) is 65.8 Å². The van der Waals surface area contributed by atoms with Gasteiger partial charge in [0.1, 0.15) is 11.2 Å². The van der Waals surface area contributed by atoms with E-state index in [1.54, 1.807) is 0 Å². The van der Waals surface area contributed by atoms with E-state index in [0.717, 1.165) is 54.9 Å². The second-order valence-corrected chi connectivity index (χ2v) is 27.0. The van der Waals surface area contributed by atoms with Gasteiger partial charge < -0.3 is 4.42 Å². The minimum absolute atomic E-state index is 0.521. The van der Waals surface area contributed by atoms with Gasteiger partial charge in [0.15, 0.2) is 27.8 Å². The Balaban J connectivity index is 1.17. The van der Waals surface area contributed by atoms with Crippen molar-refractivity contribution >= 4 is 101 Å². The fourth-order valence-electron chi connectivity index (χ4n) is 12.1. The molecule has 0 aliphatic rings. The quantitative estimate of drug-likeness (QED) is 0.0957. The molecule has 0 saturated heterocycles. The molecule has 358 valence electrons. The molecule has 0 aliphatic carbocycles. The molecule has 3 aromatic heterocycles. The lowest BCUT2D eigenvalue weighted by atomic mass is 10.1. The zero-order valence-corrected chi connectivity index (χ0v) is 43.4. The first-order chi connectivity index (χ1) is 37.7. The van der Waals surface area contributed by atoms with Crippen molar-refractivity contribution in [3.63, 3.8) is 0 Å². The van der Waals surface area contributed by atoms with Crippen molar-refractivity contribution in [3.8, 4) is 28.7 Å². The van der Waals surface area contributed by atoms with E-state index in [-0.39, 0.29) is 0 Å². The number of hydrogen-bond acceptors (Lipinski definition) is 4. The zero-order valence-electron chi connectivity index (χ0n) is 41.4. The molecule has 0 N–H and O–H groups in total. The third-order valence-electron chi connectivity index (χ3n) is 15.3. The number of fused-ring (bicyclic) bond motifs is 6. The van der Waals surface area contributed by atoms with Gasteiger partial charge in [-0.1, -0.05) is 267 Å². The molecular weight excluding hydrogens is 957 g/mol. The van der Waals surface area contributed by atoms with Gasteiger partial charge in [-0.3, -0.25) is 4.57 Å². The molecule has 7 heteroatoms. The van der Waals surface area contributed by atoms with E-state index >= 15 is 0 Å².